The lowest BCUT2D eigenvalue weighted by molar-refractivity contribution is 0.0455. The van der Waals surface area contributed by atoms with Gasteiger partial charge in [-0.25, -0.2) is 4.79 Å². The van der Waals surface area contributed by atoms with Gasteiger partial charge in [-0.1, -0.05) is 81.4 Å². The highest BCUT2D eigenvalue weighted by molar-refractivity contribution is 6.99. The van der Waals surface area contributed by atoms with E-state index in [1.807, 2.05) is 36.4 Å². The Morgan fingerprint density at radius 2 is 1.40 bits per heavy atom. The van der Waals surface area contributed by atoms with Crippen LogP contribution in [0.25, 0.3) is 0 Å². The van der Waals surface area contributed by atoms with Gasteiger partial charge in [0.05, 0.1) is 19.3 Å². The molecule has 2 rings (SSSR count). The Kier molecular flexibility index (Phi) is 7.85. The van der Waals surface area contributed by atoms with Crippen LogP contribution >= 0.6 is 0 Å². The molecule has 0 saturated carbocycles. The Morgan fingerprint density at radius 3 is 1.77 bits per heavy atom. The van der Waals surface area contributed by atoms with Crippen molar-refractivity contribution in [3.63, 3.8) is 0 Å². The average Bonchev–Trinajstić information content (AvgIpc) is 2.66. The molecule has 2 aromatic carbocycles. The lowest BCUT2D eigenvalue weighted by Crippen LogP contribution is -2.67. The van der Waals surface area contributed by atoms with Gasteiger partial charge in [-0.2, -0.15) is 0 Å². The number of aliphatic hydroxyl groups excluding tert-OH is 1. The number of hydrogen-bond acceptors (Lipinski definition) is 4. The van der Waals surface area contributed by atoms with Crippen LogP contribution in [-0.2, 0) is 9.16 Å². The van der Waals surface area contributed by atoms with Gasteiger partial charge in [0.15, 0.2) is 0 Å². The fraction of sp³-hybridized carbons (Fsp3) is 0.458. The third kappa shape index (κ3) is 5.94. The van der Waals surface area contributed by atoms with Crippen molar-refractivity contribution < 1.29 is 19.1 Å². The molecule has 0 radical (unpaired) electrons. The summed E-state index contributed by atoms with van der Waals surface area (Å²) in [6, 6.07) is 20.0. The summed E-state index contributed by atoms with van der Waals surface area (Å²) in [5.41, 5.74) is -0.608. The van der Waals surface area contributed by atoms with Crippen LogP contribution < -0.4 is 15.7 Å². The summed E-state index contributed by atoms with van der Waals surface area (Å²) in [6.07, 6.45) is -0.562. The molecule has 5 nitrogen and oxygen atoms in total. The number of aliphatic hydroxyl groups is 1. The van der Waals surface area contributed by atoms with E-state index < -0.39 is 26.1 Å². The summed E-state index contributed by atoms with van der Waals surface area (Å²) >= 11 is 0. The molecule has 6 heteroatoms. The number of benzene rings is 2. The molecule has 164 valence electrons. The first-order valence-corrected chi connectivity index (χ1v) is 12.3. The van der Waals surface area contributed by atoms with E-state index in [-0.39, 0.29) is 18.3 Å². The largest absolute Gasteiger partial charge is 0.444 e. The first-order valence-electron chi connectivity index (χ1n) is 10.3. The van der Waals surface area contributed by atoms with Gasteiger partial charge in [-0.05, 0) is 36.2 Å². The Morgan fingerprint density at radius 1 is 0.933 bits per heavy atom. The lowest BCUT2D eigenvalue weighted by Gasteiger charge is -2.43. The van der Waals surface area contributed by atoms with Crippen molar-refractivity contribution in [2.24, 2.45) is 0 Å². The molecular formula is C24H35NO4Si. The molecule has 0 fully saturated rings. The SMILES string of the molecule is CC(C)(C)OC(=O)NC(CO)CO[Si](c1ccccc1)(c1ccccc1)C(C)(C)C. The van der Waals surface area contributed by atoms with Gasteiger partial charge in [0.25, 0.3) is 8.32 Å². The number of rotatable bonds is 7. The van der Waals surface area contributed by atoms with Gasteiger partial charge >= 0.3 is 6.09 Å². The van der Waals surface area contributed by atoms with Gasteiger partial charge in [-0.3, -0.25) is 0 Å². The maximum atomic E-state index is 12.2. The number of carbonyl (C=O) groups is 1. The van der Waals surface area contributed by atoms with Crippen LogP contribution in [0.5, 0.6) is 0 Å². The average molecular weight is 430 g/mol. The summed E-state index contributed by atoms with van der Waals surface area (Å²) < 4.78 is 12.1. The van der Waals surface area contributed by atoms with Crippen molar-refractivity contribution in [1.29, 1.82) is 0 Å². The molecule has 0 aliphatic carbocycles. The van der Waals surface area contributed by atoms with Crippen molar-refractivity contribution in [2.75, 3.05) is 13.2 Å². The van der Waals surface area contributed by atoms with Crippen LogP contribution in [0.1, 0.15) is 41.5 Å². The Balaban J connectivity index is 2.37. The molecular weight excluding hydrogens is 394 g/mol. The number of hydrogen-bond donors (Lipinski definition) is 2. The van der Waals surface area contributed by atoms with Gasteiger partial charge < -0.3 is 19.6 Å². The van der Waals surface area contributed by atoms with Crippen LogP contribution in [0.2, 0.25) is 5.04 Å². The topological polar surface area (TPSA) is 67.8 Å². The summed E-state index contributed by atoms with van der Waals surface area (Å²) in [5.74, 6) is 0. The lowest BCUT2D eigenvalue weighted by atomic mass is 10.2. The molecule has 1 atom stereocenters. The molecule has 2 N–H and O–H groups in total. The van der Waals surface area contributed by atoms with Crippen LogP contribution in [0.15, 0.2) is 60.7 Å². The molecule has 0 aliphatic rings. The minimum absolute atomic E-state index is 0.179. The number of alkyl carbamates (subject to hydrolysis) is 1. The fourth-order valence-electron chi connectivity index (χ4n) is 3.60. The quantitative estimate of drug-likeness (QED) is 0.662. The first kappa shape index (κ1) is 24.1. The zero-order chi connectivity index (χ0) is 22.4. The molecule has 1 unspecified atom stereocenters. The maximum absolute atomic E-state index is 12.2. The maximum Gasteiger partial charge on any atom is 0.408 e. The van der Waals surface area contributed by atoms with Gasteiger partial charge in [0, 0.05) is 0 Å². The second-order valence-corrected chi connectivity index (χ2v) is 13.8. The Bertz CT molecular complexity index is 758. The van der Waals surface area contributed by atoms with Crippen LogP contribution in [0.3, 0.4) is 0 Å². The molecule has 0 heterocycles. The Hall–Kier alpha value is -2.15. The third-order valence-electron chi connectivity index (χ3n) is 4.86. The fourth-order valence-corrected chi connectivity index (χ4v) is 8.21. The zero-order valence-corrected chi connectivity index (χ0v) is 19.9. The number of carbonyl (C=O) groups excluding carboxylic acids is 1. The van der Waals surface area contributed by atoms with E-state index in [4.69, 9.17) is 9.16 Å². The molecule has 0 bridgehead atoms. The standard InChI is InChI=1S/C24H35NO4Si/c1-23(2,3)29-22(27)25-19(17-26)18-28-30(24(4,5)6,20-13-9-7-10-14-20)21-15-11-8-12-16-21/h7-16,19,26H,17-18H2,1-6H3,(H,25,27). The van der Waals surface area contributed by atoms with Crippen LogP contribution in [-0.4, -0.2) is 44.4 Å². The number of nitrogens with one attached hydrogen (secondary N) is 1. The minimum Gasteiger partial charge on any atom is -0.444 e. The van der Waals surface area contributed by atoms with E-state index in [2.05, 4.69) is 50.4 Å². The monoisotopic (exact) mass is 429 g/mol. The van der Waals surface area contributed by atoms with E-state index in [0.717, 1.165) is 10.4 Å². The summed E-state index contributed by atoms with van der Waals surface area (Å²) in [4.78, 5) is 12.2. The third-order valence-corrected chi connectivity index (χ3v) is 9.86. The second-order valence-electron chi connectivity index (χ2n) is 9.50. The zero-order valence-electron chi connectivity index (χ0n) is 18.9. The molecule has 0 aromatic heterocycles. The molecule has 0 saturated heterocycles. The van der Waals surface area contributed by atoms with E-state index >= 15 is 0 Å². The van der Waals surface area contributed by atoms with Crippen molar-refractivity contribution >= 4 is 24.8 Å². The molecule has 0 aliphatic heterocycles. The normalized spacial score (nSPS) is 13.6. The van der Waals surface area contributed by atoms with Crippen molar-refractivity contribution in [1.82, 2.24) is 5.32 Å². The highest BCUT2D eigenvalue weighted by Gasteiger charge is 2.50. The van der Waals surface area contributed by atoms with Crippen molar-refractivity contribution in [3.05, 3.63) is 60.7 Å². The van der Waals surface area contributed by atoms with Gasteiger partial charge in [-0.15, -0.1) is 0 Å². The van der Waals surface area contributed by atoms with E-state index in [1.54, 1.807) is 20.8 Å². The van der Waals surface area contributed by atoms with Crippen LogP contribution in [0, 0.1) is 0 Å². The molecule has 0 spiro atoms. The summed E-state index contributed by atoms with van der Waals surface area (Å²) in [7, 11) is -2.73. The van der Waals surface area contributed by atoms with E-state index in [0.29, 0.717) is 0 Å². The van der Waals surface area contributed by atoms with E-state index in [9.17, 15) is 9.90 Å². The highest BCUT2D eigenvalue weighted by atomic mass is 28.4. The van der Waals surface area contributed by atoms with Gasteiger partial charge in [0.1, 0.15) is 5.60 Å². The predicted octanol–water partition coefficient (Wildman–Crippen LogP) is 3.45. The number of ether oxygens (including phenoxy) is 1. The van der Waals surface area contributed by atoms with Crippen molar-refractivity contribution in [2.45, 2.75) is 58.2 Å². The molecule has 1 amide bonds. The highest BCUT2D eigenvalue weighted by Crippen LogP contribution is 2.36. The van der Waals surface area contributed by atoms with Crippen molar-refractivity contribution in [3.8, 4) is 0 Å². The predicted molar refractivity (Wildman–Crippen MR) is 124 cm³/mol. The summed E-state index contributed by atoms with van der Waals surface area (Å²) in [5, 5.41) is 14.7. The smallest absolute Gasteiger partial charge is 0.408 e. The minimum atomic E-state index is -2.73. The summed E-state index contributed by atoms with van der Waals surface area (Å²) in [6.45, 7) is 11.9. The Labute approximate surface area is 181 Å². The van der Waals surface area contributed by atoms with Crippen LogP contribution in [0.4, 0.5) is 4.79 Å². The second kappa shape index (κ2) is 9.77. The first-order chi connectivity index (χ1) is 14.0. The molecule has 30 heavy (non-hydrogen) atoms. The molecule has 2 aromatic rings. The van der Waals surface area contributed by atoms with Gasteiger partial charge in [0.2, 0.25) is 0 Å². The van der Waals surface area contributed by atoms with E-state index in [1.165, 1.54) is 0 Å². The number of amides is 1.